The molecule has 1 atom stereocenters. The summed E-state index contributed by atoms with van der Waals surface area (Å²) in [5, 5.41) is 8.85. The number of aromatic nitrogens is 1. The van der Waals surface area contributed by atoms with Crippen molar-refractivity contribution in [2.24, 2.45) is 11.7 Å². The van der Waals surface area contributed by atoms with Gasteiger partial charge < -0.3 is 5.73 Å². The van der Waals surface area contributed by atoms with Crippen LogP contribution < -0.4 is 5.73 Å². The highest BCUT2D eigenvalue weighted by atomic mass is 15.1. The average Bonchev–Trinajstić information content (AvgIpc) is 2.65. The first-order valence-corrected chi connectivity index (χ1v) is 8.82. The van der Waals surface area contributed by atoms with Crippen molar-refractivity contribution in [3.63, 3.8) is 0 Å². The molecule has 1 unspecified atom stereocenters. The summed E-state index contributed by atoms with van der Waals surface area (Å²) in [4.78, 5) is 6.63. The minimum atomic E-state index is 0.470. The molecule has 0 aliphatic rings. The van der Waals surface area contributed by atoms with E-state index < -0.39 is 0 Å². The lowest BCUT2D eigenvalue weighted by Crippen LogP contribution is -2.17. The summed E-state index contributed by atoms with van der Waals surface area (Å²) in [6.07, 6.45) is 4.53. The topological polar surface area (TPSA) is 65.9 Å². The molecule has 0 saturated carbocycles. The van der Waals surface area contributed by atoms with Crippen LogP contribution in [0.2, 0.25) is 0 Å². The fraction of sp³-hybridized carbons (Fsp3) is 0.429. The van der Waals surface area contributed by atoms with E-state index in [2.05, 4.69) is 66.0 Å². The van der Waals surface area contributed by atoms with E-state index in [0.717, 1.165) is 31.6 Å². The normalized spacial score (nSPS) is 11.4. The smallest absolute Gasteiger partial charge is 0.0624 e. The van der Waals surface area contributed by atoms with Crippen molar-refractivity contribution in [1.29, 1.82) is 5.26 Å². The zero-order valence-electron chi connectivity index (χ0n) is 15.7. The summed E-state index contributed by atoms with van der Waals surface area (Å²) in [5.41, 5.74) is 8.22. The third-order valence-corrected chi connectivity index (χ3v) is 4.12. The Bertz CT molecular complexity index is 617. The van der Waals surface area contributed by atoms with Gasteiger partial charge in [-0.25, -0.2) is 0 Å². The van der Waals surface area contributed by atoms with Gasteiger partial charge in [-0.2, -0.15) is 5.26 Å². The maximum absolute atomic E-state index is 8.85. The van der Waals surface area contributed by atoms with E-state index in [1.54, 1.807) is 0 Å². The van der Waals surface area contributed by atoms with Crippen molar-refractivity contribution in [1.82, 2.24) is 9.88 Å². The summed E-state index contributed by atoms with van der Waals surface area (Å²) in [6, 6.07) is 17.1. The van der Waals surface area contributed by atoms with Crippen LogP contribution in [0.4, 0.5) is 0 Å². The van der Waals surface area contributed by atoms with E-state index in [4.69, 9.17) is 5.26 Å². The molecular formula is C21H30N4. The first-order valence-electron chi connectivity index (χ1n) is 8.82. The van der Waals surface area contributed by atoms with Crippen LogP contribution in [-0.2, 0) is 19.5 Å². The van der Waals surface area contributed by atoms with Gasteiger partial charge in [0.15, 0.2) is 0 Å². The summed E-state index contributed by atoms with van der Waals surface area (Å²) in [7, 11) is 3.61. The molecule has 0 radical (unpaired) electrons. The molecule has 25 heavy (non-hydrogen) atoms. The van der Waals surface area contributed by atoms with Crippen molar-refractivity contribution < 1.29 is 0 Å². The Morgan fingerprint density at radius 2 is 1.76 bits per heavy atom. The summed E-state index contributed by atoms with van der Waals surface area (Å²) in [6.45, 7) is 3.91. The number of nitriles is 1. The zero-order valence-corrected chi connectivity index (χ0v) is 15.7. The van der Waals surface area contributed by atoms with Gasteiger partial charge in [0.2, 0.25) is 0 Å². The number of nitrogens with zero attached hydrogens (tertiary/aromatic N) is 3. The summed E-state index contributed by atoms with van der Waals surface area (Å²) < 4.78 is 0. The molecule has 134 valence electrons. The second kappa shape index (κ2) is 12.2. The minimum Gasteiger partial charge on any atom is -0.333 e. The van der Waals surface area contributed by atoms with E-state index in [1.165, 1.54) is 18.2 Å². The van der Waals surface area contributed by atoms with Crippen LogP contribution in [0.1, 0.15) is 36.6 Å². The maximum atomic E-state index is 8.85. The van der Waals surface area contributed by atoms with Crippen molar-refractivity contribution in [2.75, 3.05) is 14.1 Å². The molecule has 0 fully saturated rings. The standard InChI is InChI=1S/C20H25N3.CH5N/c1-3-17(11-12-21)14-18-7-9-19(10-8-18)15-23(2)16-20-6-4-5-13-22-20;1-2/h4-10,13,17H,3,11,14-16H2,1-2H3;2H2,1H3. The highest BCUT2D eigenvalue weighted by molar-refractivity contribution is 5.23. The van der Waals surface area contributed by atoms with Gasteiger partial charge in [0.25, 0.3) is 0 Å². The fourth-order valence-corrected chi connectivity index (χ4v) is 2.74. The van der Waals surface area contributed by atoms with Gasteiger partial charge in [0, 0.05) is 25.7 Å². The number of rotatable bonds is 8. The van der Waals surface area contributed by atoms with Gasteiger partial charge in [-0.15, -0.1) is 0 Å². The summed E-state index contributed by atoms with van der Waals surface area (Å²) in [5.74, 6) is 0.470. The van der Waals surface area contributed by atoms with Gasteiger partial charge in [0.05, 0.1) is 11.8 Å². The number of hydrogen-bond donors (Lipinski definition) is 1. The molecular weight excluding hydrogens is 308 g/mol. The van der Waals surface area contributed by atoms with Gasteiger partial charge in [-0.05, 0) is 49.7 Å². The molecule has 2 rings (SSSR count). The van der Waals surface area contributed by atoms with Crippen LogP contribution in [0.3, 0.4) is 0 Å². The van der Waals surface area contributed by atoms with E-state index in [1.807, 2.05) is 18.3 Å². The third-order valence-electron chi connectivity index (χ3n) is 4.12. The second-order valence-corrected chi connectivity index (χ2v) is 6.15. The first-order chi connectivity index (χ1) is 12.2. The molecule has 2 aromatic rings. The van der Waals surface area contributed by atoms with Crippen molar-refractivity contribution in [2.45, 2.75) is 39.3 Å². The van der Waals surface area contributed by atoms with Crippen LogP contribution in [0.5, 0.6) is 0 Å². The Labute approximate surface area is 152 Å². The van der Waals surface area contributed by atoms with Crippen LogP contribution in [0.15, 0.2) is 48.7 Å². The van der Waals surface area contributed by atoms with Crippen LogP contribution in [0, 0.1) is 17.2 Å². The van der Waals surface area contributed by atoms with Gasteiger partial charge >= 0.3 is 0 Å². The molecule has 2 N–H and O–H groups in total. The predicted octanol–water partition coefficient (Wildman–Crippen LogP) is 3.77. The maximum Gasteiger partial charge on any atom is 0.0624 e. The van der Waals surface area contributed by atoms with Crippen LogP contribution >= 0.6 is 0 Å². The Balaban J connectivity index is 0.00000151. The van der Waals surface area contributed by atoms with E-state index in [-0.39, 0.29) is 0 Å². The Kier molecular flexibility index (Phi) is 10.2. The molecule has 0 spiro atoms. The van der Waals surface area contributed by atoms with E-state index in [9.17, 15) is 0 Å². The summed E-state index contributed by atoms with van der Waals surface area (Å²) >= 11 is 0. The largest absolute Gasteiger partial charge is 0.333 e. The van der Waals surface area contributed by atoms with Gasteiger partial charge in [0.1, 0.15) is 0 Å². The zero-order chi connectivity index (χ0) is 18.5. The number of nitrogens with two attached hydrogens (primary N) is 1. The number of pyridine rings is 1. The Hall–Kier alpha value is -2.22. The quantitative estimate of drug-likeness (QED) is 0.795. The molecule has 0 saturated heterocycles. The molecule has 0 amide bonds. The van der Waals surface area contributed by atoms with Crippen molar-refractivity contribution >= 4 is 0 Å². The number of hydrogen-bond acceptors (Lipinski definition) is 4. The van der Waals surface area contributed by atoms with E-state index in [0.29, 0.717) is 12.3 Å². The number of benzene rings is 1. The van der Waals surface area contributed by atoms with Crippen LogP contribution in [-0.4, -0.2) is 24.0 Å². The highest BCUT2D eigenvalue weighted by Crippen LogP contribution is 2.16. The monoisotopic (exact) mass is 338 g/mol. The average molecular weight is 338 g/mol. The molecule has 1 aromatic heterocycles. The van der Waals surface area contributed by atoms with Crippen molar-refractivity contribution in [3.05, 3.63) is 65.5 Å². The first kappa shape index (κ1) is 20.8. The lowest BCUT2D eigenvalue weighted by atomic mass is 9.94. The van der Waals surface area contributed by atoms with Crippen molar-refractivity contribution in [3.8, 4) is 6.07 Å². The molecule has 1 aromatic carbocycles. The van der Waals surface area contributed by atoms with Gasteiger partial charge in [-0.3, -0.25) is 9.88 Å². The minimum absolute atomic E-state index is 0.470. The Morgan fingerprint density at radius 1 is 1.08 bits per heavy atom. The fourth-order valence-electron chi connectivity index (χ4n) is 2.74. The molecule has 4 nitrogen and oxygen atoms in total. The second-order valence-electron chi connectivity index (χ2n) is 6.15. The lowest BCUT2D eigenvalue weighted by molar-refractivity contribution is 0.315. The highest BCUT2D eigenvalue weighted by Gasteiger charge is 2.07. The molecule has 0 bridgehead atoms. The van der Waals surface area contributed by atoms with Crippen LogP contribution in [0.25, 0.3) is 0 Å². The molecule has 1 heterocycles. The SMILES string of the molecule is CCC(CC#N)Cc1ccc(CN(C)Cc2ccccn2)cc1.CN. The van der Waals surface area contributed by atoms with E-state index >= 15 is 0 Å². The van der Waals surface area contributed by atoms with Gasteiger partial charge in [-0.1, -0.05) is 43.7 Å². The molecule has 0 aliphatic carbocycles. The third kappa shape index (κ3) is 7.93. The lowest BCUT2D eigenvalue weighted by Gasteiger charge is -2.17. The Morgan fingerprint density at radius 3 is 2.32 bits per heavy atom. The molecule has 4 heteroatoms. The molecule has 0 aliphatic heterocycles. The predicted molar refractivity (Wildman–Crippen MR) is 104 cm³/mol.